The molecule has 0 saturated carbocycles. The molecule has 2 aliphatic rings. The van der Waals surface area contributed by atoms with Crippen LogP contribution in [0.3, 0.4) is 0 Å². The van der Waals surface area contributed by atoms with Crippen molar-refractivity contribution in [3.8, 4) is 5.75 Å². The molecule has 156 valence electrons. The molecule has 0 radical (unpaired) electrons. The highest BCUT2D eigenvalue weighted by Crippen LogP contribution is 2.54. The Kier molecular flexibility index (Phi) is 4.39. The van der Waals surface area contributed by atoms with Crippen LogP contribution in [-0.2, 0) is 6.42 Å². The normalized spacial score (nSPS) is 20.7. The molecule has 3 aromatic rings. The number of hydrogen-bond acceptors (Lipinski definition) is 5. The monoisotopic (exact) mass is 416 g/mol. The number of aromatic carboxylic acids is 1. The summed E-state index contributed by atoms with van der Waals surface area (Å²) in [7, 11) is 1.40. The second-order valence-corrected chi connectivity index (χ2v) is 7.93. The SMILES string of the molecule is COc1ccc([C@@H]2Nc3c(C(=O)O)cccc3[C@H]3c4ccccc4C[C@H]32)cc1[N+](=O)[O-]. The number of hydrogen-bond donors (Lipinski definition) is 2. The van der Waals surface area contributed by atoms with Gasteiger partial charge in [-0.1, -0.05) is 42.5 Å². The number of carboxylic acids is 1. The average Bonchev–Trinajstić information content (AvgIpc) is 3.17. The van der Waals surface area contributed by atoms with Crippen LogP contribution in [0.4, 0.5) is 11.4 Å². The first kappa shape index (κ1) is 19.1. The third-order valence-electron chi connectivity index (χ3n) is 6.42. The van der Waals surface area contributed by atoms with E-state index in [4.69, 9.17) is 4.74 Å². The molecular formula is C24H20N2O5. The number of para-hydroxylation sites is 1. The quantitative estimate of drug-likeness (QED) is 0.469. The summed E-state index contributed by atoms with van der Waals surface area (Å²) in [5.74, 6) is -0.698. The molecule has 0 bridgehead atoms. The fourth-order valence-electron chi connectivity index (χ4n) is 5.14. The lowest BCUT2D eigenvalue weighted by atomic mass is 9.75. The van der Waals surface area contributed by atoms with Crippen molar-refractivity contribution in [3.05, 3.63) is 98.6 Å². The predicted octanol–water partition coefficient (Wildman–Crippen LogP) is 4.77. The average molecular weight is 416 g/mol. The minimum Gasteiger partial charge on any atom is -0.490 e. The number of fused-ring (bicyclic) bond motifs is 5. The summed E-state index contributed by atoms with van der Waals surface area (Å²) in [6, 6.07) is 18.2. The molecule has 0 saturated heterocycles. The zero-order valence-corrected chi connectivity index (χ0v) is 16.7. The summed E-state index contributed by atoms with van der Waals surface area (Å²) >= 11 is 0. The molecule has 3 atom stereocenters. The fourth-order valence-corrected chi connectivity index (χ4v) is 5.14. The number of nitrogens with one attached hydrogen (secondary N) is 1. The molecule has 0 amide bonds. The van der Waals surface area contributed by atoms with Crippen molar-refractivity contribution in [2.45, 2.75) is 18.4 Å². The van der Waals surface area contributed by atoms with Gasteiger partial charge in [0, 0.05) is 12.0 Å². The van der Waals surface area contributed by atoms with Crippen LogP contribution in [0.25, 0.3) is 0 Å². The number of nitro benzene ring substituents is 1. The molecule has 5 rings (SSSR count). The van der Waals surface area contributed by atoms with Gasteiger partial charge in [0.25, 0.3) is 0 Å². The standard InChI is InChI=1S/C24H20N2O5/c1-31-20-10-9-14(12-19(20)26(29)30)22-18-11-13-5-2-3-6-15(13)21(18)16-7-4-8-17(24(27)28)23(16)25-22/h2-10,12,18,21-22,25H,11H2,1H3,(H,27,28)/t18-,21-,22+/m1/s1. The Bertz CT molecular complexity index is 1220. The smallest absolute Gasteiger partial charge is 0.337 e. The first-order valence-corrected chi connectivity index (χ1v) is 10.0. The molecule has 1 heterocycles. The molecule has 0 spiro atoms. The van der Waals surface area contributed by atoms with Crippen molar-refractivity contribution in [1.82, 2.24) is 0 Å². The summed E-state index contributed by atoms with van der Waals surface area (Å²) in [5.41, 5.74) is 4.78. The molecule has 1 aliphatic carbocycles. The third kappa shape index (κ3) is 2.92. The Balaban J connectivity index is 1.70. The minimum absolute atomic E-state index is 0.0120. The maximum Gasteiger partial charge on any atom is 0.337 e. The van der Waals surface area contributed by atoms with Gasteiger partial charge < -0.3 is 15.2 Å². The number of rotatable bonds is 4. The molecular weight excluding hydrogens is 396 g/mol. The molecule has 0 unspecified atom stereocenters. The van der Waals surface area contributed by atoms with Crippen LogP contribution in [0.5, 0.6) is 5.75 Å². The second kappa shape index (κ2) is 7.12. The van der Waals surface area contributed by atoms with Gasteiger partial charge in [-0.3, -0.25) is 10.1 Å². The minimum atomic E-state index is -1.01. The lowest BCUT2D eigenvalue weighted by Gasteiger charge is -2.38. The van der Waals surface area contributed by atoms with Gasteiger partial charge in [-0.15, -0.1) is 0 Å². The number of ether oxygens (including phenoxy) is 1. The maximum atomic E-state index is 11.9. The molecule has 31 heavy (non-hydrogen) atoms. The maximum absolute atomic E-state index is 11.9. The van der Waals surface area contributed by atoms with E-state index in [2.05, 4.69) is 17.4 Å². The van der Waals surface area contributed by atoms with E-state index in [-0.39, 0.29) is 34.9 Å². The molecule has 0 aromatic heterocycles. The van der Waals surface area contributed by atoms with E-state index in [1.807, 2.05) is 24.3 Å². The fraction of sp³-hybridized carbons (Fsp3) is 0.208. The van der Waals surface area contributed by atoms with Crippen molar-refractivity contribution in [2.75, 3.05) is 12.4 Å². The predicted molar refractivity (Wildman–Crippen MR) is 115 cm³/mol. The van der Waals surface area contributed by atoms with Gasteiger partial charge in [0.1, 0.15) is 0 Å². The molecule has 7 nitrogen and oxygen atoms in total. The Labute approximate surface area is 178 Å². The van der Waals surface area contributed by atoms with E-state index in [9.17, 15) is 20.0 Å². The van der Waals surface area contributed by atoms with Crippen molar-refractivity contribution < 1.29 is 19.6 Å². The van der Waals surface area contributed by atoms with Gasteiger partial charge >= 0.3 is 11.7 Å². The van der Waals surface area contributed by atoms with E-state index in [1.54, 1.807) is 18.2 Å². The van der Waals surface area contributed by atoms with Crippen LogP contribution in [0.2, 0.25) is 0 Å². The number of anilines is 1. The summed E-state index contributed by atoms with van der Waals surface area (Å²) in [5, 5.41) is 24.8. The van der Waals surface area contributed by atoms with Gasteiger partial charge in [-0.05, 0) is 46.7 Å². The topological polar surface area (TPSA) is 102 Å². The molecule has 1 aliphatic heterocycles. The van der Waals surface area contributed by atoms with Crippen LogP contribution < -0.4 is 10.1 Å². The molecule has 3 aromatic carbocycles. The summed E-state index contributed by atoms with van der Waals surface area (Å²) in [6.45, 7) is 0. The van der Waals surface area contributed by atoms with E-state index in [0.717, 1.165) is 17.5 Å². The third-order valence-corrected chi connectivity index (χ3v) is 6.42. The first-order valence-electron chi connectivity index (χ1n) is 10.0. The lowest BCUT2D eigenvalue weighted by Crippen LogP contribution is -2.31. The number of methoxy groups -OCH3 is 1. The first-order chi connectivity index (χ1) is 15.0. The van der Waals surface area contributed by atoms with Crippen LogP contribution in [0.15, 0.2) is 60.7 Å². The zero-order valence-electron chi connectivity index (χ0n) is 16.7. The van der Waals surface area contributed by atoms with E-state index < -0.39 is 10.9 Å². The Morgan fingerprint density at radius 1 is 1.13 bits per heavy atom. The summed E-state index contributed by atoms with van der Waals surface area (Å²) in [4.78, 5) is 23.1. The highest BCUT2D eigenvalue weighted by atomic mass is 16.6. The highest BCUT2D eigenvalue weighted by molar-refractivity contribution is 5.96. The van der Waals surface area contributed by atoms with Crippen molar-refractivity contribution in [2.24, 2.45) is 5.92 Å². The number of carboxylic acid groups (broad SMARTS) is 1. The molecule has 7 heteroatoms. The van der Waals surface area contributed by atoms with Crippen LogP contribution >= 0.6 is 0 Å². The summed E-state index contributed by atoms with van der Waals surface area (Å²) < 4.78 is 5.15. The second-order valence-electron chi connectivity index (χ2n) is 7.93. The van der Waals surface area contributed by atoms with Gasteiger partial charge in [-0.25, -0.2) is 4.79 Å². The largest absolute Gasteiger partial charge is 0.490 e. The molecule has 0 fully saturated rings. The van der Waals surface area contributed by atoms with Gasteiger partial charge in [-0.2, -0.15) is 0 Å². The van der Waals surface area contributed by atoms with Crippen molar-refractivity contribution >= 4 is 17.3 Å². The summed E-state index contributed by atoms with van der Waals surface area (Å²) in [6.07, 6.45) is 0.801. The van der Waals surface area contributed by atoms with Gasteiger partial charge in [0.2, 0.25) is 0 Å². The molecule has 2 N–H and O–H groups in total. The highest BCUT2D eigenvalue weighted by Gasteiger charge is 2.44. The number of benzene rings is 3. The Morgan fingerprint density at radius 2 is 1.90 bits per heavy atom. The van der Waals surface area contributed by atoms with E-state index in [0.29, 0.717) is 5.69 Å². The van der Waals surface area contributed by atoms with Crippen molar-refractivity contribution in [1.29, 1.82) is 0 Å². The number of nitrogens with zero attached hydrogens (tertiary/aromatic N) is 1. The van der Waals surface area contributed by atoms with Gasteiger partial charge in [0.15, 0.2) is 5.75 Å². The Morgan fingerprint density at radius 3 is 2.65 bits per heavy atom. The van der Waals surface area contributed by atoms with Crippen LogP contribution in [0.1, 0.15) is 44.6 Å². The van der Waals surface area contributed by atoms with Crippen molar-refractivity contribution in [3.63, 3.8) is 0 Å². The van der Waals surface area contributed by atoms with Crippen LogP contribution in [-0.4, -0.2) is 23.1 Å². The number of nitro groups is 1. The zero-order chi connectivity index (χ0) is 21.7. The van der Waals surface area contributed by atoms with E-state index in [1.165, 1.54) is 24.3 Å². The number of carbonyl (C=O) groups is 1. The van der Waals surface area contributed by atoms with Gasteiger partial charge in [0.05, 0.1) is 29.3 Å². The van der Waals surface area contributed by atoms with E-state index >= 15 is 0 Å². The van der Waals surface area contributed by atoms with Crippen LogP contribution in [0, 0.1) is 16.0 Å². The Hall–Kier alpha value is -3.87. The lowest BCUT2D eigenvalue weighted by molar-refractivity contribution is -0.385.